The highest BCUT2D eigenvalue weighted by Crippen LogP contribution is 2.35. The van der Waals surface area contributed by atoms with E-state index in [0.29, 0.717) is 6.54 Å². The van der Waals surface area contributed by atoms with Crippen molar-refractivity contribution in [2.24, 2.45) is 0 Å². The fraction of sp³-hybridized carbons (Fsp3) is 0.462. The SMILES string of the molecule is CCn1cc(CNC(=O)Cn2nc(C(F)(F)F)c(Cl)c2C)cn1. The van der Waals surface area contributed by atoms with E-state index in [1.54, 1.807) is 17.1 Å². The van der Waals surface area contributed by atoms with Gasteiger partial charge in [-0.25, -0.2) is 0 Å². The molecule has 0 unspecified atom stereocenters. The summed E-state index contributed by atoms with van der Waals surface area (Å²) in [6.07, 6.45) is -1.27. The summed E-state index contributed by atoms with van der Waals surface area (Å²) in [5, 5.41) is 9.54. The molecule has 2 heterocycles. The molecule has 0 radical (unpaired) electrons. The molecule has 1 amide bonds. The Labute approximate surface area is 135 Å². The molecule has 0 atom stereocenters. The molecule has 0 aliphatic heterocycles. The van der Waals surface area contributed by atoms with Crippen LogP contribution in [0.4, 0.5) is 13.2 Å². The molecule has 0 saturated carbocycles. The van der Waals surface area contributed by atoms with E-state index in [4.69, 9.17) is 11.6 Å². The maximum Gasteiger partial charge on any atom is 0.436 e. The van der Waals surface area contributed by atoms with Crippen LogP contribution in [0.15, 0.2) is 12.4 Å². The number of amides is 1. The predicted octanol–water partition coefficient (Wildman–Crippen LogP) is 2.40. The maximum atomic E-state index is 12.7. The first kappa shape index (κ1) is 17.3. The topological polar surface area (TPSA) is 64.7 Å². The molecule has 2 aromatic heterocycles. The van der Waals surface area contributed by atoms with E-state index < -0.39 is 22.8 Å². The van der Waals surface area contributed by atoms with Gasteiger partial charge in [0.05, 0.1) is 16.9 Å². The molecule has 0 saturated heterocycles. The summed E-state index contributed by atoms with van der Waals surface area (Å²) in [6.45, 7) is 3.91. The Kier molecular flexibility index (Phi) is 4.98. The van der Waals surface area contributed by atoms with Crippen LogP contribution < -0.4 is 5.32 Å². The van der Waals surface area contributed by atoms with Crippen molar-refractivity contribution in [3.63, 3.8) is 0 Å². The van der Waals surface area contributed by atoms with Crippen LogP contribution in [0.5, 0.6) is 0 Å². The Balaban J connectivity index is 2.00. The summed E-state index contributed by atoms with van der Waals surface area (Å²) in [5.41, 5.74) is -0.298. The van der Waals surface area contributed by atoms with Gasteiger partial charge in [-0.3, -0.25) is 14.2 Å². The van der Waals surface area contributed by atoms with Gasteiger partial charge in [0, 0.05) is 24.8 Å². The second-order valence-electron chi connectivity index (χ2n) is 4.88. The van der Waals surface area contributed by atoms with Crippen molar-refractivity contribution in [1.82, 2.24) is 24.9 Å². The number of nitrogens with one attached hydrogen (secondary N) is 1. The highest BCUT2D eigenvalue weighted by atomic mass is 35.5. The second kappa shape index (κ2) is 6.61. The van der Waals surface area contributed by atoms with E-state index in [-0.39, 0.29) is 18.8 Å². The lowest BCUT2D eigenvalue weighted by Gasteiger charge is -2.06. The average Bonchev–Trinajstić information content (AvgIpc) is 3.04. The predicted molar refractivity (Wildman–Crippen MR) is 76.7 cm³/mol. The molecule has 1 N–H and O–H groups in total. The number of nitrogens with zero attached hydrogens (tertiary/aromatic N) is 4. The fourth-order valence-electron chi connectivity index (χ4n) is 1.92. The zero-order chi connectivity index (χ0) is 17.2. The highest BCUT2D eigenvalue weighted by Gasteiger charge is 2.38. The molecule has 0 aliphatic rings. The van der Waals surface area contributed by atoms with Gasteiger partial charge in [-0.2, -0.15) is 23.4 Å². The third-order valence-corrected chi connectivity index (χ3v) is 3.65. The molecule has 0 fully saturated rings. The number of halogens is 4. The number of hydrogen-bond acceptors (Lipinski definition) is 3. The van der Waals surface area contributed by atoms with Gasteiger partial charge in [0.15, 0.2) is 5.69 Å². The van der Waals surface area contributed by atoms with Gasteiger partial charge in [-0.15, -0.1) is 0 Å². The molecule has 126 valence electrons. The van der Waals surface area contributed by atoms with E-state index >= 15 is 0 Å². The first-order valence-corrected chi connectivity index (χ1v) is 7.18. The van der Waals surface area contributed by atoms with Gasteiger partial charge in [0.2, 0.25) is 5.91 Å². The normalized spacial score (nSPS) is 11.7. The monoisotopic (exact) mass is 349 g/mol. The maximum absolute atomic E-state index is 12.7. The van der Waals surface area contributed by atoms with Crippen molar-refractivity contribution in [2.45, 2.75) is 39.7 Å². The highest BCUT2D eigenvalue weighted by molar-refractivity contribution is 6.32. The first-order valence-electron chi connectivity index (χ1n) is 6.80. The van der Waals surface area contributed by atoms with Crippen molar-refractivity contribution in [2.75, 3.05) is 0 Å². The minimum absolute atomic E-state index is 0.0907. The van der Waals surface area contributed by atoms with Crippen LogP contribution in [0, 0.1) is 6.92 Å². The van der Waals surface area contributed by atoms with Crippen LogP contribution in [0.25, 0.3) is 0 Å². The Morgan fingerprint density at radius 2 is 2.13 bits per heavy atom. The van der Waals surface area contributed by atoms with E-state index in [0.717, 1.165) is 10.2 Å². The zero-order valence-electron chi connectivity index (χ0n) is 12.5. The van der Waals surface area contributed by atoms with Crippen LogP contribution in [0.1, 0.15) is 23.9 Å². The minimum atomic E-state index is -4.65. The Bertz CT molecular complexity index is 707. The number of hydrogen-bond donors (Lipinski definition) is 1. The number of aryl methyl sites for hydroxylation is 1. The molecule has 23 heavy (non-hydrogen) atoms. The largest absolute Gasteiger partial charge is 0.436 e. The van der Waals surface area contributed by atoms with E-state index in [2.05, 4.69) is 15.5 Å². The summed E-state index contributed by atoms with van der Waals surface area (Å²) in [6, 6.07) is 0. The van der Waals surface area contributed by atoms with Gasteiger partial charge in [0.1, 0.15) is 6.54 Å². The lowest BCUT2D eigenvalue weighted by atomic mass is 10.3. The van der Waals surface area contributed by atoms with Crippen molar-refractivity contribution in [3.05, 3.63) is 34.4 Å². The summed E-state index contributed by atoms with van der Waals surface area (Å²) in [5.74, 6) is -0.467. The minimum Gasteiger partial charge on any atom is -0.350 e. The Hall–Kier alpha value is -2.03. The van der Waals surface area contributed by atoms with Gasteiger partial charge in [-0.1, -0.05) is 11.6 Å². The van der Waals surface area contributed by atoms with E-state index in [1.165, 1.54) is 6.92 Å². The molecule has 2 rings (SSSR count). The van der Waals surface area contributed by atoms with Crippen molar-refractivity contribution in [3.8, 4) is 0 Å². The fourth-order valence-corrected chi connectivity index (χ4v) is 2.17. The lowest BCUT2D eigenvalue weighted by Crippen LogP contribution is -2.28. The molecule has 0 spiro atoms. The van der Waals surface area contributed by atoms with Crippen LogP contribution in [-0.4, -0.2) is 25.5 Å². The third kappa shape index (κ3) is 4.04. The second-order valence-corrected chi connectivity index (χ2v) is 5.26. The third-order valence-electron chi connectivity index (χ3n) is 3.20. The lowest BCUT2D eigenvalue weighted by molar-refractivity contribution is -0.141. The summed E-state index contributed by atoms with van der Waals surface area (Å²) in [7, 11) is 0. The number of alkyl halides is 3. The standard InChI is InChI=1S/C13H15ClF3N5O/c1-3-21-6-9(5-19-21)4-18-10(23)7-22-8(2)11(14)12(20-22)13(15,16)17/h5-6H,3-4,7H2,1-2H3,(H,18,23). The van der Waals surface area contributed by atoms with Gasteiger partial charge >= 0.3 is 6.18 Å². The molecule has 6 nitrogen and oxygen atoms in total. The number of rotatable bonds is 5. The molecule has 0 aromatic carbocycles. The molecule has 10 heteroatoms. The molecule has 2 aromatic rings. The molecular weight excluding hydrogens is 335 g/mol. The Morgan fingerprint density at radius 3 is 2.65 bits per heavy atom. The number of aromatic nitrogens is 4. The first-order chi connectivity index (χ1) is 10.7. The van der Waals surface area contributed by atoms with Crippen LogP contribution in [0.2, 0.25) is 5.02 Å². The molecular formula is C13H15ClF3N5O. The van der Waals surface area contributed by atoms with Crippen molar-refractivity contribution in [1.29, 1.82) is 0 Å². The molecule has 0 bridgehead atoms. The number of carbonyl (C=O) groups is 1. The zero-order valence-corrected chi connectivity index (χ0v) is 13.2. The van der Waals surface area contributed by atoms with Crippen LogP contribution in [-0.2, 0) is 30.6 Å². The quantitative estimate of drug-likeness (QED) is 0.901. The summed E-state index contributed by atoms with van der Waals surface area (Å²) in [4.78, 5) is 11.9. The molecule has 0 aliphatic carbocycles. The van der Waals surface area contributed by atoms with Crippen LogP contribution in [0.3, 0.4) is 0 Å². The summed E-state index contributed by atoms with van der Waals surface area (Å²) >= 11 is 5.63. The number of carbonyl (C=O) groups excluding carboxylic acids is 1. The van der Waals surface area contributed by atoms with Crippen LogP contribution >= 0.6 is 11.6 Å². The summed E-state index contributed by atoms with van der Waals surface area (Å²) < 4.78 is 40.8. The van der Waals surface area contributed by atoms with Gasteiger partial charge in [-0.05, 0) is 13.8 Å². The van der Waals surface area contributed by atoms with Crippen molar-refractivity contribution >= 4 is 17.5 Å². The Morgan fingerprint density at radius 1 is 1.43 bits per heavy atom. The van der Waals surface area contributed by atoms with Crippen molar-refractivity contribution < 1.29 is 18.0 Å². The van der Waals surface area contributed by atoms with Gasteiger partial charge < -0.3 is 5.32 Å². The smallest absolute Gasteiger partial charge is 0.350 e. The van der Waals surface area contributed by atoms with E-state index in [1.807, 2.05) is 6.92 Å². The van der Waals surface area contributed by atoms with Gasteiger partial charge in [0.25, 0.3) is 0 Å². The van der Waals surface area contributed by atoms with E-state index in [9.17, 15) is 18.0 Å². The average molecular weight is 350 g/mol.